The molecule has 0 radical (unpaired) electrons. The van der Waals surface area contributed by atoms with E-state index in [9.17, 15) is 18.3 Å². The minimum Gasteiger partial charge on any atom is -0.392 e. The molecule has 2 aromatic rings. The van der Waals surface area contributed by atoms with Gasteiger partial charge in [0, 0.05) is 55.4 Å². The molecule has 29 heavy (non-hydrogen) atoms. The molecule has 2 N–H and O–H groups in total. The second-order valence-electron chi connectivity index (χ2n) is 7.57. The molecule has 10 heteroatoms. The Kier molecular flexibility index (Phi) is 5.76. The first kappa shape index (κ1) is 20.5. The quantitative estimate of drug-likeness (QED) is 0.717. The molecule has 8 nitrogen and oxygen atoms in total. The van der Waals surface area contributed by atoms with Crippen LogP contribution < -0.4 is 5.32 Å². The number of amides is 1. The van der Waals surface area contributed by atoms with Gasteiger partial charge in [0.2, 0.25) is 15.9 Å². The third-order valence-electron chi connectivity index (χ3n) is 5.45. The van der Waals surface area contributed by atoms with Crippen molar-refractivity contribution in [2.24, 2.45) is 0 Å². The van der Waals surface area contributed by atoms with Crippen LogP contribution >= 0.6 is 11.6 Å². The number of nitrogens with one attached hydrogen (secondary N) is 1. The lowest BCUT2D eigenvalue weighted by atomic mass is 10.2. The summed E-state index contributed by atoms with van der Waals surface area (Å²) >= 11 is 6.24. The number of hydrogen-bond donors (Lipinski definition) is 2. The van der Waals surface area contributed by atoms with Gasteiger partial charge < -0.3 is 10.4 Å². The molecule has 0 bridgehead atoms. The maximum absolute atomic E-state index is 13.2. The highest BCUT2D eigenvalue weighted by molar-refractivity contribution is 7.89. The van der Waals surface area contributed by atoms with Crippen molar-refractivity contribution in [3.05, 3.63) is 35.6 Å². The number of aliphatic hydroxyl groups excluding tert-OH is 1. The number of hydrogen-bond acceptors (Lipinski definition) is 6. The van der Waals surface area contributed by atoms with Gasteiger partial charge in [0.05, 0.1) is 22.6 Å². The van der Waals surface area contributed by atoms with Crippen LogP contribution in [-0.4, -0.2) is 78.5 Å². The molecule has 2 fully saturated rings. The molecule has 3 heterocycles. The van der Waals surface area contributed by atoms with Crippen LogP contribution in [0.4, 0.5) is 0 Å². The summed E-state index contributed by atoms with van der Waals surface area (Å²) in [5.41, 5.74) is 0. The Balaban J connectivity index is 1.45. The van der Waals surface area contributed by atoms with Crippen molar-refractivity contribution in [1.82, 2.24) is 19.5 Å². The van der Waals surface area contributed by atoms with Crippen LogP contribution in [0.5, 0.6) is 0 Å². The van der Waals surface area contributed by atoms with Gasteiger partial charge in [0.25, 0.3) is 0 Å². The number of sulfonamides is 1. The predicted octanol–water partition coefficient (Wildman–Crippen LogP) is 0.834. The fourth-order valence-corrected chi connectivity index (χ4v) is 6.07. The highest BCUT2D eigenvalue weighted by atomic mass is 35.5. The minimum absolute atomic E-state index is 0.150. The number of fused-ring (bicyclic) bond motifs is 1. The lowest BCUT2D eigenvalue weighted by molar-refractivity contribution is -0.122. The molecular formula is C19H23ClN4O4S. The number of aromatic nitrogens is 1. The van der Waals surface area contributed by atoms with Crippen molar-refractivity contribution < 1.29 is 18.3 Å². The SMILES string of the molecule is O=C(CN1CCC(O)C1)N[C@H]1CCN(S(=O)(=O)c2cccc3cncc(Cl)c23)C1. The van der Waals surface area contributed by atoms with Crippen LogP contribution in [0.25, 0.3) is 10.8 Å². The van der Waals surface area contributed by atoms with E-state index in [0.29, 0.717) is 48.3 Å². The number of carbonyl (C=O) groups excluding carboxylic acids is 1. The Morgan fingerprint density at radius 1 is 1.24 bits per heavy atom. The topological polar surface area (TPSA) is 103 Å². The average molecular weight is 439 g/mol. The first-order valence-electron chi connectivity index (χ1n) is 9.57. The maximum Gasteiger partial charge on any atom is 0.243 e. The highest BCUT2D eigenvalue weighted by Gasteiger charge is 2.35. The minimum atomic E-state index is -3.76. The normalized spacial score (nSPS) is 23.7. The monoisotopic (exact) mass is 438 g/mol. The number of benzene rings is 1. The average Bonchev–Trinajstić information content (AvgIpc) is 3.31. The van der Waals surface area contributed by atoms with E-state index in [4.69, 9.17) is 11.6 Å². The van der Waals surface area contributed by atoms with E-state index in [2.05, 4.69) is 10.3 Å². The van der Waals surface area contributed by atoms with E-state index in [1.807, 2.05) is 4.90 Å². The fraction of sp³-hybridized carbons (Fsp3) is 0.474. The van der Waals surface area contributed by atoms with Gasteiger partial charge in [0.1, 0.15) is 0 Å². The van der Waals surface area contributed by atoms with Crippen molar-refractivity contribution in [2.45, 2.75) is 29.9 Å². The van der Waals surface area contributed by atoms with Crippen molar-refractivity contribution in [1.29, 1.82) is 0 Å². The van der Waals surface area contributed by atoms with Crippen LogP contribution in [-0.2, 0) is 14.8 Å². The molecule has 2 atom stereocenters. The molecule has 156 valence electrons. The Bertz CT molecular complexity index is 1030. The Hall–Kier alpha value is -1.78. The molecule has 1 aromatic carbocycles. The second kappa shape index (κ2) is 8.16. The number of β-amino-alcohol motifs (C(OH)–C–C–N with tert-alkyl or cyclic N) is 1. The zero-order valence-electron chi connectivity index (χ0n) is 15.8. The summed E-state index contributed by atoms with van der Waals surface area (Å²) in [7, 11) is -3.76. The summed E-state index contributed by atoms with van der Waals surface area (Å²) in [5.74, 6) is -0.150. The lowest BCUT2D eigenvalue weighted by Gasteiger charge is -2.20. The van der Waals surface area contributed by atoms with Crippen LogP contribution in [0.1, 0.15) is 12.8 Å². The Labute approximate surface area is 174 Å². The fourth-order valence-electron chi connectivity index (χ4n) is 4.01. The molecule has 1 aromatic heterocycles. The summed E-state index contributed by atoms with van der Waals surface area (Å²) < 4.78 is 27.9. The number of aliphatic hydroxyl groups is 1. The number of likely N-dealkylation sites (tertiary alicyclic amines) is 1. The van der Waals surface area contributed by atoms with Crippen molar-refractivity contribution in [3.8, 4) is 0 Å². The van der Waals surface area contributed by atoms with E-state index in [1.165, 1.54) is 10.5 Å². The van der Waals surface area contributed by atoms with Gasteiger partial charge in [-0.25, -0.2) is 8.42 Å². The van der Waals surface area contributed by atoms with Crippen molar-refractivity contribution >= 4 is 38.3 Å². The van der Waals surface area contributed by atoms with Gasteiger partial charge in [-0.15, -0.1) is 0 Å². The lowest BCUT2D eigenvalue weighted by Crippen LogP contribution is -2.43. The van der Waals surface area contributed by atoms with Gasteiger partial charge in [-0.1, -0.05) is 23.7 Å². The predicted molar refractivity (Wildman–Crippen MR) is 109 cm³/mol. The van der Waals surface area contributed by atoms with Crippen LogP contribution in [0, 0.1) is 0 Å². The van der Waals surface area contributed by atoms with Crippen molar-refractivity contribution in [2.75, 3.05) is 32.7 Å². The van der Waals surface area contributed by atoms with E-state index >= 15 is 0 Å². The summed E-state index contributed by atoms with van der Waals surface area (Å²) in [4.78, 5) is 18.3. The van der Waals surface area contributed by atoms with E-state index in [0.717, 1.165) is 0 Å². The van der Waals surface area contributed by atoms with Crippen molar-refractivity contribution in [3.63, 3.8) is 0 Å². The molecule has 2 aliphatic rings. The summed E-state index contributed by atoms with van der Waals surface area (Å²) in [6, 6.07) is 4.76. The van der Waals surface area contributed by atoms with E-state index in [-0.39, 0.29) is 36.0 Å². The Morgan fingerprint density at radius 3 is 2.83 bits per heavy atom. The molecule has 1 unspecified atom stereocenters. The van der Waals surface area contributed by atoms with E-state index in [1.54, 1.807) is 24.4 Å². The first-order chi connectivity index (χ1) is 13.8. The van der Waals surface area contributed by atoms with Gasteiger partial charge in [-0.2, -0.15) is 4.31 Å². The molecular weight excluding hydrogens is 416 g/mol. The smallest absolute Gasteiger partial charge is 0.243 e. The number of pyridine rings is 1. The molecule has 2 aliphatic heterocycles. The van der Waals surface area contributed by atoms with Gasteiger partial charge in [0.15, 0.2) is 0 Å². The summed E-state index contributed by atoms with van der Waals surface area (Å²) in [5, 5.41) is 13.9. The standard InChI is InChI=1S/C19H23ClN4O4S/c20-16-9-21-8-13-2-1-3-17(19(13)16)29(27,28)24-7-4-14(10-24)22-18(26)12-23-6-5-15(25)11-23/h1-3,8-9,14-15,25H,4-7,10-12H2,(H,22,26)/t14-,15?/m0/s1. The summed E-state index contributed by atoms with van der Waals surface area (Å²) in [6.07, 6.45) is 3.87. The molecule has 4 rings (SSSR count). The van der Waals surface area contributed by atoms with Crippen LogP contribution in [0.2, 0.25) is 5.02 Å². The van der Waals surface area contributed by atoms with Gasteiger partial charge >= 0.3 is 0 Å². The molecule has 0 aliphatic carbocycles. The first-order valence-corrected chi connectivity index (χ1v) is 11.4. The maximum atomic E-state index is 13.2. The third kappa shape index (κ3) is 4.24. The number of rotatable bonds is 5. The number of carbonyl (C=O) groups is 1. The van der Waals surface area contributed by atoms with Crippen LogP contribution in [0.3, 0.4) is 0 Å². The molecule has 0 spiro atoms. The second-order valence-corrected chi connectivity index (χ2v) is 9.88. The number of nitrogens with zero attached hydrogens (tertiary/aromatic N) is 3. The largest absolute Gasteiger partial charge is 0.392 e. The van der Waals surface area contributed by atoms with E-state index < -0.39 is 10.0 Å². The Morgan fingerprint density at radius 2 is 2.07 bits per heavy atom. The van der Waals surface area contributed by atoms with Crippen LogP contribution in [0.15, 0.2) is 35.5 Å². The number of halogens is 1. The molecule has 1 amide bonds. The zero-order valence-corrected chi connectivity index (χ0v) is 17.4. The molecule has 2 saturated heterocycles. The highest BCUT2D eigenvalue weighted by Crippen LogP contribution is 2.32. The molecule has 0 saturated carbocycles. The third-order valence-corrected chi connectivity index (χ3v) is 7.64. The van der Waals surface area contributed by atoms with Gasteiger partial charge in [-0.3, -0.25) is 14.7 Å². The van der Waals surface area contributed by atoms with Gasteiger partial charge in [-0.05, 0) is 18.9 Å². The zero-order chi connectivity index (χ0) is 20.6. The summed E-state index contributed by atoms with van der Waals surface area (Å²) in [6.45, 7) is 1.95.